The van der Waals surface area contributed by atoms with Crippen LogP contribution in [0.4, 0.5) is 0 Å². The Kier molecular flexibility index (Phi) is 3.42. The molecule has 0 aliphatic heterocycles. The molecule has 0 radical (unpaired) electrons. The standard InChI is InChI=1S/C17H16O3/c18-14-3-1-2-12(10-14)8-9-20-15-6-4-13-5-7-17(19)16(13)11-15/h1-4,6,10-11,18H,5,7-9H2. The Morgan fingerprint density at radius 2 is 2.00 bits per heavy atom. The van der Waals surface area contributed by atoms with Gasteiger partial charge < -0.3 is 9.84 Å². The lowest BCUT2D eigenvalue weighted by atomic mass is 10.1. The largest absolute Gasteiger partial charge is 0.508 e. The minimum Gasteiger partial charge on any atom is -0.508 e. The first kappa shape index (κ1) is 12.7. The van der Waals surface area contributed by atoms with Crippen molar-refractivity contribution in [3.05, 3.63) is 59.2 Å². The summed E-state index contributed by atoms with van der Waals surface area (Å²) in [7, 11) is 0. The number of aryl methyl sites for hydroxylation is 1. The zero-order valence-corrected chi connectivity index (χ0v) is 11.1. The number of rotatable bonds is 4. The first-order valence-corrected chi connectivity index (χ1v) is 6.79. The lowest BCUT2D eigenvalue weighted by Crippen LogP contribution is -2.02. The van der Waals surface area contributed by atoms with E-state index in [1.54, 1.807) is 12.1 Å². The van der Waals surface area contributed by atoms with Crippen LogP contribution in [-0.2, 0) is 12.8 Å². The van der Waals surface area contributed by atoms with Gasteiger partial charge in [-0.15, -0.1) is 0 Å². The van der Waals surface area contributed by atoms with Crippen LogP contribution in [0.2, 0.25) is 0 Å². The van der Waals surface area contributed by atoms with Crippen LogP contribution in [0.25, 0.3) is 0 Å². The number of ketones is 1. The number of ether oxygens (including phenoxy) is 1. The molecule has 1 N–H and O–H groups in total. The SMILES string of the molecule is O=C1CCc2ccc(OCCc3cccc(O)c3)cc21. The molecule has 0 atom stereocenters. The van der Waals surface area contributed by atoms with E-state index in [1.807, 2.05) is 30.3 Å². The van der Waals surface area contributed by atoms with Crippen molar-refractivity contribution in [3.63, 3.8) is 0 Å². The molecule has 102 valence electrons. The Hall–Kier alpha value is -2.29. The van der Waals surface area contributed by atoms with Gasteiger partial charge in [0.25, 0.3) is 0 Å². The first-order valence-electron chi connectivity index (χ1n) is 6.79. The van der Waals surface area contributed by atoms with Gasteiger partial charge in [-0.1, -0.05) is 18.2 Å². The number of carbonyl (C=O) groups is 1. The van der Waals surface area contributed by atoms with Gasteiger partial charge in [0, 0.05) is 18.4 Å². The van der Waals surface area contributed by atoms with Crippen LogP contribution in [0.15, 0.2) is 42.5 Å². The molecule has 1 aliphatic rings. The smallest absolute Gasteiger partial charge is 0.163 e. The highest BCUT2D eigenvalue weighted by Gasteiger charge is 2.19. The van der Waals surface area contributed by atoms with E-state index in [1.165, 1.54) is 0 Å². The molecule has 0 heterocycles. The van der Waals surface area contributed by atoms with E-state index in [2.05, 4.69) is 0 Å². The zero-order valence-electron chi connectivity index (χ0n) is 11.1. The second-order valence-electron chi connectivity index (χ2n) is 5.01. The fourth-order valence-electron chi connectivity index (χ4n) is 2.50. The quantitative estimate of drug-likeness (QED) is 0.926. The van der Waals surface area contributed by atoms with Crippen LogP contribution < -0.4 is 4.74 Å². The second-order valence-corrected chi connectivity index (χ2v) is 5.01. The van der Waals surface area contributed by atoms with Crippen molar-refractivity contribution >= 4 is 5.78 Å². The summed E-state index contributed by atoms with van der Waals surface area (Å²) >= 11 is 0. The van der Waals surface area contributed by atoms with Gasteiger partial charge in [-0.3, -0.25) is 4.79 Å². The topological polar surface area (TPSA) is 46.5 Å². The maximum Gasteiger partial charge on any atom is 0.163 e. The molecule has 1 aliphatic carbocycles. The third-order valence-corrected chi connectivity index (χ3v) is 3.57. The molecule has 0 bridgehead atoms. The van der Waals surface area contributed by atoms with Crippen molar-refractivity contribution in [1.82, 2.24) is 0 Å². The van der Waals surface area contributed by atoms with Crippen LogP contribution in [-0.4, -0.2) is 17.5 Å². The highest BCUT2D eigenvalue weighted by atomic mass is 16.5. The average molecular weight is 268 g/mol. The van der Waals surface area contributed by atoms with Crippen LogP contribution in [0, 0.1) is 0 Å². The van der Waals surface area contributed by atoms with E-state index in [0.29, 0.717) is 13.0 Å². The number of phenols is 1. The minimum absolute atomic E-state index is 0.207. The number of Topliss-reactive ketones (excluding diaryl/α,β-unsaturated/α-hetero) is 1. The molecular weight excluding hydrogens is 252 g/mol. The van der Waals surface area contributed by atoms with Crippen molar-refractivity contribution < 1.29 is 14.6 Å². The third kappa shape index (κ3) is 2.67. The Morgan fingerprint density at radius 3 is 2.85 bits per heavy atom. The van der Waals surface area contributed by atoms with Crippen LogP contribution >= 0.6 is 0 Å². The van der Waals surface area contributed by atoms with E-state index in [4.69, 9.17) is 4.74 Å². The Bertz CT molecular complexity index is 646. The van der Waals surface area contributed by atoms with Crippen LogP contribution in [0.3, 0.4) is 0 Å². The Labute approximate surface area is 117 Å². The third-order valence-electron chi connectivity index (χ3n) is 3.57. The van der Waals surface area contributed by atoms with E-state index in [9.17, 15) is 9.90 Å². The number of fused-ring (bicyclic) bond motifs is 1. The molecule has 3 heteroatoms. The van der Waals surface area contributed by atoms with E-state index in [-0.39, 0.29) is 11.5 Å². The van der Waals surface area contributed by atoms with Crippen molar-refractivity contribution in [3.8, 4) is 11.5 Å². The molecule has 2 aromatic carbocycles. The summed E-state index contributed by atoms with van der Waals surface area (Å²) in [5, 5.41) is 9.39. The predicted octanol–water partition coefficient (Wildman–Crippen LogP) is 3.14. The average Bonchev–Trinajstić information content (AvgIpc) is 2.80. The second kappa shape index (κ2) is 5.37. The zero-order chi connectivity index (χ0) is 13.9. The number of aromatic hydroxyl groups is 1. The first-order chi connectivity index (χ1) is 9.72. The summed E-state index contributed by atoms with van der Waals surface area (Å²) in [6.07, 6.45) is 2.18. The van der Waals surface area contributed by atoms with Gasteiger partial charge in [0.05, 0.1) is 6.61 Å². The van der Waals surface area contributed by atoms with E-state index < -0.39 is 0 Å². The molecule has 0 fully saturated rings. The van der Waals surface area contributed by atoms with E-state index in [0.717, 1.165) is 35.3 Å². The molecule has 0 saturated heterocycles. The van der Waals surface area contributed by atoms with Crippen molar-refractivity contribution in [2.45, 2.75) is 19.3 Å². The summed E-state index contributed by atoms with van der Waals surface area (Å²) in [5.74, 6) is 1.21. The van der Waals surface area contributed by atoms with Gasteiger partial charge in [-0.05, 0) is 41.8 Å². The van der Waals surface area contributed by atoms with Gasteiger partial charge in [0.2, 0.25) is 0 Å². The minimum atomic E-state index is 0.207. The lowest BCUT2D eigenvalue weighted by molar-refractivity contribution is 0.0994. The van der Waals surface area contributed by atoms with Gasteiger partial charge >= 0.3 is 0 Å². The fraction of sp³-hybridized carbons (Fsp3) is 0.235. The predicted molar refractivity (Wildman–Crippen MR) is 76.4 cm³/mol. The number of benzene rings is 2. The van der Waals surface area contributed by atoms with Crippen molar-refractivity contribution in [1.29, 1.82) is 0 Å². The molecule has 0 aromatic heterocycles. The molecule has 2 aromatic rings. The lowest BCUT2D eigenvalue weighted by Gasteiger charge is -2.08. The molecule has 0 saturated carbocycles. The summed E-state index contributed by atoms with van der Waals surface area (Å²) in [6, 6.07) is 12.9. The summed E-state index contributed by atoms with van der Waals surface area (Å²) in [4.78, 5) is 11.7. The van der Waals surface area contributed by atoms with Gasteiger partial charge in [0.15, 0.2) is 5.78 Å². The van der Waals surface area contributed by atoms with Gasteiger partial charge in [-0.2, -0.15) is 0 Å². The molecule has 20 heavy (non-hydrogen) atoms. The highest BCUT2D eigenvalue weighted by Crippen LogP contribution is 2.26. The van der Waals surface area contributed by atoms with Crippen LogP contribution in [0.5, 0.6) is 11.5 Å². The highest BCUT2D eigenvalue weighted by molar-refractivity contribution is 6.00. The van der Waals surface area contributed by atoms with Crippen molar-refractivity contribution in [2.75, 3.05) is 6.61 Å². The summed E-state index contributed by atoms with van der Waals surface area (Å²) in [5.41, 5.74) is 2.96. The van der Waals surface area contributed by atoms with Gasteiger partial charge in [0.1, 0.15) is 11.5 Å². The Balaban J connectivity index is 1.62. The Morgan fingerprint density at radius 1 is 1.10 bits per heavy atom. The molecule has 3 nitrogen and oxygen atoms in total. The molecular formula is C17H16O3. The summed E-state index contributed by atoms with van der Waals surface area (Å²) in [6.45, 7) is 0.524. The molecule has 0 spiro atoms. The maximum atomic E-state index is 11.7. The number of hydrogen-bond donors (Lipinski definition) is 1. The molecule has 0 unspecified atom stereocenters. The fourth-order valence-corrected chi connectivity index (χ4v) is 2.50. The monoisotopic (exact) mass is 268 g/mol. The van der Waals surface area contributed by atoms with E-state index >= 15 is 0 Å². The van der Waals surface area contributed by atoms with Crippen LogP contribution in [0.1, 0.15) is 27.9 Å². The molecule has 3 rings (SSSR count). The number of phenolic OH excluding ortho intramolecular Hbond substituents is 1. The number of hydrogen-bond acceptors (Lipinski definition) is 3. The maximum absolute atomic E-state index is 11.7. The summed E-state index contributed by atoms with van der Waals surface area (Å²) < 4.78 is 5.69. The normalized spacial score (nSPS) is 13.3. The van der Waals surface area contributed by atoms with Gasteiger partial charge in [-0.25, -0.2) is 0 Å². The number of carbonyl (C=O) groups excluding carboxylic acids is 1. The molecule has 0 amide bonds. The van der Waals surface area contributed by atoms with Crippen molar-refractivity contribution in [2.24, 2.45) is 0 Å².